The Kier molecular flexibility index (Phi) is 6.58. The Morgan fingerprint density at radius 1 is 1.00 bits per heavy atom. The topological polar surface area (TPSA) is 95.6 Å². The van der Waals surface area contributed by atoms with Crippen LogP contribution in [0.3, 0.4) is 0 Å². The molecular weight excluding hydrogens is 402 g/mol. The molecule has 0 aliphatic carbocycles. The van der Waals surface area contributed by atoms with E-state index in [2.05, 4.69) is 10.6 Å². The van der Waals surface area contributed by atoms with Gasteiger partial charge in [0, 0.05) is 24.8 Å². The zero-order valence-corrected chi connectivity index (χ0v) is 18.3. The van der Waals surface area contributed by atoms with Gasteiger partial charge >= 0.3 is 11.8 Å². The Morgan fingerprint density at radius 2 is 1.70 bits per heavy atom. The molecule has 1 aliphatic rings. The van der Waals surface area contributed by atoms with Crippen LogP contribution in [0.4, 0.5) is 5.69 Å². The molecule has 2 N–H and O–H groups in total. The minimum absolute atomic E-state index is 0.0876. The van der Waals surface area contributed by atoms with Crippen molar-refractivity contribution in [1.29, 1.82) is 0 Å². The van der Waals surface area contributed by atoms with Crippen LogP contribution in [0.2, 0.25) is 0 Å². The van der Waals surface area contributed by atoms with Crippen LogP contribution in [0.25, 0.3) is 0 Å². The fourth-order valence-corrected chi connectivity index (χ4v) is 5.17. The summed E-state index contributed by atoms with van der Waals surface area (Å²) in [6.07, 6.45) is 1.34. The number of nitrogens with one attached hydrogen (secondary N) is 2. The molecule has 160 valence electrons. The van der Waals surface area contributed by atoms with Gasteiger partial charge in [-0.2, -0.15) is 4.31 Å². The highest BCUT2D eigenvalue weighted by Crippen LogP contribution is 2.26. The summed E-state index contributed by atoms with van der Waals surface area (Å²) in [6.45, 7) is 6.27. The number of aryl methyl sites for hydroxylation is 3. The molecule has 8 heteroatoms. The predicted molar refractivity (Wildman–Crippen MR) is 116 cm³/mol. The van der Waals surface area contributed by atoms with Crippen molar-refractivity contribution in [2.45, 2.75) is 44.6 Å². The normalized spacial score (nSPS) is 17.0. The van der Waals surface area contributed by atoms with E-state index in [0.717, 1.165) is 16.7 Å². The maximum atomic E-state index is 13.0. The highest BCUT2D eigenvalue weighted by Gasteiger charge is 2.35. The fraction of sp³-hybridized carbons (Fsp3) is 0.364. The van der Waals surface area contributed by atoms with Crippen LogP contribution in [0.5, 0.6) is 0 Å². The van der Waals surface area contributed by atoms with Gasteiger partial charge in [0.15, 0.2) is 0 Å². The monoisotopic (exact) mass is 429 g/mol. The third-order valence-corrected chi connectivity index (χ3v) is 7.39. The average molecular weight is 430 g/mol. The first-order chi connectivity index (χ1) is 14.2. The molecule has 2 aromatic rings. The summed E-state index contributed by atoms with van der Waals surface area (Å²) in [5.74, 6) is -1.56. The van der Waals surface area contributed by atoms with Gasteiger partial charge in [0.25, 0.3) is 0 Å². The van der Waals surface area contributed by atoms with Crippen molar-refractivity contribution in [3.8, 4) is 0 Å². The lowest BCUT2D eigenvalue weighted by molar-refractivity contribution is -0.136. The summed E-state index contributed by atoms with van der Waals surface area (Å²) >= 11 is 0. The lowest BCUT2D eigenvalue weighted by Gasteiger charge is -2.24. The lowest BCUT2D eigenvalue weighted by Crippen LogP contribution is -2.45. The summed E-state index contributed by atoms with van der Waals surface area (Å²) < 4.78 is 27.4. The molecule has 0 unspecified atom stereocenters. The lowest BCUT2D eigenvalue weighted by atomic mass is 10.1. The Bertz CT molecular complexity index is 1050. The maximum absolute atomic E-state index is 13.0. The molecule has 3 rings (SSSR count). The van der Waals surface area contributed by atoms with E-state index < -0.39 is 21.8 Å². The smallest absolute Gasteiger partial charge is 0.313 e. The molecule has 2 aromatic carbocycles. The van der Waals surface area contributed by atoms with Crippen molar-refractivity contribution in [2.75, 3.05) is 18.4 Å². The van der Waals surface area contributed by atoms with Gasteiger partial charge in [0.2, 0.25) is 10.0 Å². The number of rotatable bonds is 5. The summed E-state index contributed by atoms with van der Waals surface area (Å²) in [6, 6.07) is 11.7. The Labute approximate surface area is 177 Å². The average Bonchev–Trinajstić information content (AvgIpc) is 3.19. The Morgan fingerprint density at radius 3 is 2.37 bits per heavy atom. The second kappa shape index (κ2) is 8.97. The number of benzene rings is 2. The SMILES string of the molecule is Cc1ccc(S(=O)(=O)N2CCC[C@H]2CNC(=O)C(=O)Nc2ccc(C)c(C)c2)cc1. The number of nitrogens with zero attached hydrogens (tertiary/aromatic N) is 1. The summed E-state index contributed by atoms with van der Waals surface area (Å²) in [7, 11) is -3.65. The van der Waals surface area contributed by atoms with E-state index >= 15 is 0 Å². The van der Waals surface area contributed by atoms with Gasteiger partial charge in [-0.1, -0.05) is 23.8 Å². The first-order valence-electron chi connectivity index (χ1n) is 9.93. The second-order valence-electron chi connectivity index (χ2n) is 7.69. The van der Waals surface area contributed by atoms with E-state index in [1.165, 1.54) is 4.31 Å². The van der Waals surface area contributed by atoms with Gasteiger partial charge in [0.1, 0.15) is 0 Å². The van der Waals surface area contributed by atoms with Gasteiger partial charge < -0.3 is 10.6 Å². The van der Waals surface area contributed by atoms with Crippen LogP contribution in [0, 0.1) is 20.8 Å². The van der Waals surface area contributed by atoms with Crippen LogP contribution in [0.15, 0.2) is 47.4 Å². The standard InChI is InChI=1S/C22H27N3O4S/c1-15-6-10-20(11-7-15)30(28,29)25-12-4-5-19(25)14-23-21(26)22(27)24-18-9-8-16(2)17(3)13-18/h6-11,13,19H,4-5,12,14H2,1-3H3,(H,23,26)(H,24,27)/t19-/m0/s1. The van der Waals surface area contributed by atoms with Crippen LogP contribution in [0.1, 0.15) is 29.5 Å². The first kappa shape index (κ1) is 22.0. The van der Waals surface area contributed by atoms with Crippen molar-refractivity contribution >= 4 is 27.5 Å². The van der Waals surface area contributed by atoms with E-state index in [9.17, 15) is 18.0 Å². The molecule has 1 heterocycles. The highest BCUT2D eigenvalue weighted by atomic mass is 32.2. The molecule has 1 atom stereocenters. The van der Waals surface area contributed by atoms with Crippen molar-refractivity contribution in [3.05, 3.63) is 59.2 Å². The van der Waals surface area contributed by atoms with E-state index in [1.807, 2.05) is 26.8 Å². The van der Waals surface area contributed by atoms with Crippen LogP contribution in [-0.2, 0) is 19.6 Å². The van der Waals surface area contributed by atoms with Gasteiger partial charge in [0.05, 0.1) is 4.90 Å². The van der Waals surface area contributed by atoms with E-state index in [1.54, 1.807) is 36.4 Å². The summed E-state index contributed by atoms with van der Waals surface area (Å²) in [4.78, 5) is 24.7. The molecule has 2 amide bonds. The predicted octanol–water partition coefficient (Wildman–Crippen LogP) is 2.52. The number of sulfonamides is 1. The Balaban J connectivity index is 1.61. The third kappa shape index (κ3) is 4.88. The van der Waals surface area contributed by atoms with Crippen molar-refractivity contribution in [1.82, 2.24) is 9.62 Å². The van der Waals surface area contributed by atoms with Gasteiger partial charge in [-0.25, -0.2) is 8.42 Å². The number of amides is 2. The number of carbonyl (C=O) groups is 2. The van der Waals surface area contributed by atoms with Crippen molar-refractivity contribution in [2.24, 2.45) is 0 Å². The zero-order valence-electron chi connectivity index (χ0n) is 17.4. The molecule has 1 saturated heterocycles. The Hall–Kier alpha value is -2.71. The van der Waals surface area contributed by atoms with Gasteiger partial charge in [-0.05, 0) is 69.0 Å². The fourth-order valence-electron chi connectivity index (χ4n) is 3.47. The zero-order chi connectivity index (χ0) is 21.9. The number of anilines is 1. The minimum atomic E-state index is -3.65. The van der Waals surface area contributed by atoms with Crippen molar-refractivity contribution in [3.63, 3.8) is 0 Å². The number of hydrogen-bond acceptors (Lipinski definition) is 4. The number of carbonyl (C=O) groups excluding carboxylic acids is 2. The van der Waals surface area contributed by atoms with Crippen LogP contribution >= 0.6 is 0 Å². The second-order valence-corrected chi connectivity index (χ2v) is 9.58. The molecule has 0 bridgehead atoms. The summed E-state index contributed by atoms with van der Waals surface area (Å²) in [5.41, 5.74) is 3.63. The molecule has 30 heavy (non-hydrogen) atoms. The van der Waals surface area contributed by atoms with Gasteiger partial charge in [-0.15, -0.1) is 0 Å². The number of hydrogen-bond donors (Lipinski definition) is 2. The largest absolute Gasteiger partial charge is 0.346 e. The van der Waals surface area contributed by atoms with Gasteiger partial charge in [-0.3, -0.25) is 9.59 Å². The van der Waals surface area contributed by atoms with Crippen LogP contribution in [-0.4, -0.2) is 43.7 Å². The molecule has 0 aromatic heterocycles. The maximum Gasteiger partial charge on any atom is 0.313 e. The molecule has 7 nitrogen and oxygen atoms in total. The highest BCUT2D eigenvalue weighted by molar-refractivity contribution is 7.89. The molecular formula is C22H27N3O4S. The molecule has 0 spiro atoms. The molecule has 1 fully saturated rings. The van der Waals surface area contributed by atoms with E-state index in [-0.39, 0.29) is 17.5 Å². The summed E-state index contributed by atoms with van der Waals surface area (Å²) in [5, 5.41) is 5.15. The molecule has 0 radical (unpaired) electrons. The third-order valence-electron chi connectivity index (χ3n) is 5.42. The van der Waals surface area contributed by atoms with Crippen LogP contribution < -0.4 is 10.6 Å². The van der Waals surface area contributed by atoms with Crippen molar-refractivity contribution < 1.29 is 18.0 Å². The minimum Gasteiger partial charge on any atom is -0.346 e. The van der Waals surface area contributed by atoms with E-state index in [4.69, 9.17) is 0 Å². The first-order valence-corrected chi connectivity index (χ1v) is 11.4. The molecule has 1 aliphatic heterocycles. The molecule has 0 saturated carbocycles. The quantitative estimate of drug-likeness (QED) is 0.714. The van der Waals surface area contributed by atoms with E-state index in [0.29, 0.717) is 25.1 Å².